The maximum absolute atomic E-state index is 11.0. The van der Waals surface area contributed by atoms with Crippen molar-refractivity contribution in [3.8, 4) is 5.75 Å². The lowest BCUT2D eigenvalue weighted by atomic mass is 9.95. The first-order chi connectivity index (χ1) is 7.49. The van der Waals surface area contributed by atoms with Crippen LogP contribution in [0, 0.1) is 13.8 Å². The summed E-state index contributed by atoms with van der Waals surface area (Å²) in [6.45, 7) is 8.07. The van der Waals surface area contributed by atoms with E-state index in [2.05, 4.69) is 0 Å². The van der Waals surface area contributed by atoms with Gasteiger partial charge in [0.25, 0.3) is 0 Å². The minimum absolute atomic E-state index is 0.541. The second-order valence-electron chi connectivity index (χ2n) is 3.92. The van der Waals surface area contributed by atoms with Gasteiger partial charge < -0.3 is 9.84 Å². The molecule has 0 aliphatic carbocycles. The van der Waals surface area contributed by atoms with E-state index in [4.69, 9.17) is 9.84 Å². The van der Waals surface area contributed by atoms with E-state index in [-0.39, 0.29) is 0 Å². The third-order valence-electron chi connectivity index (χ3n) is 2.83. The Hall–Kier alpha value is -1.51. The highest BCUT2D eigenvalue weighted by Crippen LogP contribution is 2.32. The van der Waals surface area contributed by atoms with Crippen molar-refractivity contribution in [1.29, 1.82) is 0 Å². The van der Waals surface area contributed by atoms with Crippen molar-refractivity contribution in [3.05, 3.63) is 28.8 Å². The lowest BCUT2D eigenvalue weighted by molar-refractivity contribution is -0.138. The Bertz CT molecular complexity index is 396. The molecule has 3 nitrogen and oxygen atoms in total. The fraction of sp³-hybridized carbons (Fsp3) is 0.462. The number of hydrogen-bond acceptors (Lipinski definition) is 2. The molecule has 88 valence electrons. The molecule has 1 rings (SSSR count). The summed E-state index contributed by atoms with van der Waals surface area (Å²) in [5.74, 6) is -0.651. The van der Waals surface area contributed by atoms with Gasteiger partial charge in [0.2, 0.25) is 0 Å². The summed E-state index contributed by atoms with van der Waals surface area (Å²) >= 11 is 0. The molecule has 0 bridgehead atoms. The van der Waals surface area contributed by atoms with Crippen LogP contribution in [0.3, 0.4) is 0 Å². The zero-order valence-electron chi connectivity index (χ0n) is 10.2. The molecule has 0 saturated heterocycles. The van der Waals surface area contributed by atoms with Gasteiger partial charge in [0.05, 0.1) is 12.5 Å². The zero-order valence-corrected chi connectivity index (χ0v) is 10.2. The topological polar surface area (TPSA) is 46.5 Å². The number of carboxylic acids is 1. The number of rotatable bonds is 4. The Morgan fingerprint density at radius 2 is 2.06 bits per heavy atom. The van der Waals surface area contributed by atoms with Crippen molar-refractivity contribution in [2.75, 3.05) is 6.61 Å². The van der Waals surface area contributed by atoms with Crippen LogP contribution in [0.2, 0.25) is 0 Å². The van der Waals surface area contributed by atoms with E-state index in [1.807, 2.05) is 32.9 Å². The van der Waals surface area contributed by atoms with E-state index in [1.165, 1.54) is 0 Å². The van der Waals surface area contributed by atoms with Gasteiger partial charge in [0.1, 0.15) is 5.75 Å². The molecule has 0 aliphatic heterocycles. The molecular weight excluding hydrogens is 204 g/mol. The Balaban J connectivity index is 3.27. The first-order valence-corrected chi connectivity index (χ1v) is 5.44. The third-order valence-corrected chi connectivity index (χ3v) is 2.83. The molecule has 1 aromatic rings. The Labute approximate surface area is 96.1 Å². The molecule has 0 amide bonds. The number of aryl methyl sites for hydroxylation is 1. The molecule has 3 heteroatoms. The van der Waals surface area contributed by atoms with Crippen LogP contribution in [0.4, 0.5) is 0 Å². The highest BCUT2D eigenvalue weighted by atomic mass is 16.5. The maximum Gasteiger partial charge on any atom is 0.310 e. The Morgan fingerprint density at radius 3 is 2.56 bits per heavy atom. The fourth-order valence-corrected chi connectivity index (χ4v) is 1.62. The normalized spacial score (nSPS) is 12.2. The third kappa shape index (κ3) is 2.35. The summed E-state index contributed by atoms with van der Waals surface area (Å²) in [4.78, 5) is 11.0. The SMILES string of the molecule is CCOc1c(C(C)C(=O)O)ccc(C)c1C. The van der Waals surface area contributed by atoms with Crippen LogP contribution >= 0.6 is 0 Å². The van der Waals surface area contributed by atoms with E-state index in [1.54, 1.807) is 6.92 Å². The van der Waals surface area contributed by atoms with Gasteiger partial charge in [0.15, 0.2) is 0 Å². The number of aliphatic carboxylic acids is 1. The lowest BCUT2D eigenvalue weighted by Gasteiger charge is -2.17. The monoisotopic (exact) mass is 222 g/mol. The molecule has 1 aromatic carbocycles. The van der Waals surface area contributed by atoms with Crippen LogP contribution < -0.4 is 4.74 Å². The van der Waals surface area contributed by atoms with Gasteiger partial charge in [-0.3, -0.25) is 4.79 Å². The fourth-order valence-electron chi connectivity index (χ4n) is 1.62. The first kappa shape index (κ1) is 12.6. The predicted molar refractivity (Wildman–Crippen MR) is 63.1 cm³/mol. The van der Waals surface area contributed by atoms with Crippen molar-refractivity contribution < 1.29 is 14.6 Å². The van der Waals surface area contributed by atoms with Crippen LogP contribution in [-0.4, -0.2) is 17.7 Å². The summed E-state index contributed by atoms with van der Waals surface area (Å²) < 4.78 is 5.56. The van der Waals surface area contributed by atoms with Crippen molar-refractivity contribution in [2.24, 2.45) is 0 Å². The molecule has 1 N–H and O–H groups in total. The molecule has 0 heterocycles. The number of carboxylic acid groups (broad SMARTS) is 1. The Kier molecular flexibility index (Phi) is 3.93. The second-order valence-corrected chi connectivity index (χ2v) is 3.92. The minimum atomic E-state index is -0.829. The zero-order chi connectivity index (χ0) is 12.3. The number of hydrogen-bond donors (Lipinski definition) is 1. The van der Waals surface area contributed by atoms with Crippen molar-refractivity contribution >= 4 is 5.97 Å². The number of carbonyl (C=O) groups is 1. The molecule has 0 spiro atoms. The van der Waals surface area contributed by atoms with Crippen LogP contribution in [0.15, 0.2) is 12.1 Å². The Morgan fingerprint density at radius 1 is 1.44 bits per heavy atom. The van der Waals surface area contributed by atoms with E-state index in [9.17, 15) is 4.79 Å². The molecule has 0 radical (unpaired) electrons. The molecule has 0 saturated carbocycles. The highest BCUT2D eigenvalue weighted by Gasteiger charge is 2.20. The summed E-state index contributed by atoms with van der Waals surface area (Å²) in [5, 5.41) is 9.03. The van der Waals surface area contributed by atoms with Gasteiger partial charge in [-0.05, 0) is 38.8 Å². The molecule has 0 aromatic heterocycles. The molecule has 1 unspecified atom stereocenters. The number of benzene rings is 1. The van der Waals surface area contributed by atoms with E-state index >= 15 is 0 Å². The lowest BCUT2D eigenvalue weighted by Crippen LogP contribution is -2.10. The largest absolute Gasteiger partial charge is 0.493 e. The van der Waals surface area contributed by atoms with Gasteiger partial charge in [-0.1, -0.05) is 12.1 Å². The van der Waals surface area contributed by atoms with Crippen LogP contribution in [0.1, 0.15) is 36.5 Å². The molecule has 0 fully saturated rings. The molecular formula is C13H18O3. The average molecular weight is 222 g/mol. The average Bonchev–Trinajstić information content (AvgIpc) is 2.24. The van der Waals surface area contributed by atoms with Crippen molar-refractivity contribution in [1.82, 2.24) is 0 Å². The van der Waals surface area contributed by atoms with E-state index < -0.39 is 11.9 Å². The van der Waals surface area contributed by atoms with E-state index in [0.29, 0.717) is 6.61 Å². The van der Waals surface area contributed by atoms with E-state index in [0.717, 1.165) is 22.4 Å². The van der Waals surface area contributed by atoms with Crippen molar-refractivity contribution in [3.63, 3.8) is 0 Å². The first-order valence-electron chi connectivity index (χ1n) is 5.44. The molecule has 1 atom stereocenters. The second kappa shape index (κ2) is 5.01. The smallest absolute Gasteiger partial charge is 0.310 e. The van der Waals surface area contributed by atoms with Crippen LogP contribution in [0.25, 0.3) is 0 Å². The summed E-state index contributed by atoms with van der Waals surface area (Å²) in [5.41, 5.74) is 2.88. The van der Waals surface area contributed by atoms with Gasteiger partial charge in [-0.25, -0.2) is 0 Å². The van der Waals surface area contributed by atoms with Crippen LogP contribution in [-0.2, 0) is 4.79 Å². The van der Waals surface area contributed by atoms with Crippen molar-refractivity contribution in [2.45, 2.75) is 33.6 Å². The quantitative estimate of drug-likeness (QED) is 0.852. The summed E-state index contributed by atoms with van der Waals surface area (Å²) in [6, 6.07) is 3.78. The number of ether oxygens (including phenoxy) is 1. The minimum Gasteiger partial charge on any atom is -0.493 e. The molecule has 16 heavy (non-hydrogen) atoms. The van der Waals surface area contributed by atoms with Gasteiger partial charge in [-0.15, -0.1) is 0 Å². The molecule has 0 aliphatic rings. The summed E-state index contributed by atoms with van der Waals surface area (Å²) in [6.07, 6.45) is 0. The maximum atomic E-state index is 11.0. The predicted octanol–water partition coefficient (Wildman–Crippen LogP) is 2.89. The standard InChI is InChI=1S/C13H18O3/c1-5-16-12-9(3)8(2)6-7-11(12)10(4)13(14)15/h6-7,10H,5H2,1-4H3,(H,14,15). The van der Waals surface area contributed by atoms with Crippen LogP contribution in [0.5, 0.6) is 5.75 Å². The van der Waals surface area contributed by atoms with Gasteiger partial charge in [0, 0.05) is 5.56 Å². The van der Waals surface area contributed by atoms with Gasteiger partial charge >= 0.3 is 5.97 Å². The highest BCUT2D eigenvalue weighted by molar-refractivity contribution is 5.77. The summed E-state index contributed by atoms with van der Waals surface area (Å²) in [7, 11) is 0. The van der Waals surface area contributed by atoms with Gasteiger partial charge in [-0.2, -0.15) is 0 Å².